The highest BCUT2D eigenvalue weighted by atomic mass is 32.2. The van der Waals surface area contributed by atoms with E-state index in [2.05, 4.69) is 9.12 Å². The largest absolute Gasteiger partial charge is 0.490 e. The fourth-order valence-corrected chi connectivity index (χ4v) is 4.71. The van der Waals surface area contributed by atoms with E-state index < -0.39 is 46.4 Å². The molecule has 0 aromatic heterocycles. The van der Waals surface area contributed by atoms with Crippen LogP contribution in [0.3, 0.4) is 0 Å². The maximum Gasteiger partial charge on any atom is 0.344 e. The Morgan fingerprint density at radius 2 is 2.10 bits per heavy atom. The van der Waals surface area contributed by atoms with Gasteiger partial charge in [-0.3, -0.25) is 4.72 Å². The summed E-state index contributed by atoms with van der Waals surface area (Å²) in [5.41, 5.74) is 6.50. The van der Waals surface area contributed by atoms with Crippen LogP contribution in [0.15, 0.2) is 22.6 Å². The van der Waals surface area contributed by atoms with Crippen LogP contribution >= 0.6 is 0 Å². The number of benzene rings is 1. The summed E-state index contributed by atoms with van der Waals surface area (Å²) >= 11 is 0. The van der Waals surface area contributed by atoms with Crippen molar-refractivity contribution in [3.05, 3.63) is 23.8 Å². The van der Waals surface area contributed by atoms with Crippen LogP contribution in [0, 0.1) is 0 Å². The standard InChI is InChI=1S/C19H27N3O8S/c1-18(2,23)28-13-8-10(27-17-15(13)29-19(3,4)30-17)9-26-12-7-5-6-11-14(12)16(20)22-31(24,25)21-11/h5-7,10,13,15,17,21,23H,8-9H2,1-4H3,(H2,20,22). The third-order valence-electron chi connectivity index (χ3n) is 4.88. The summed E-state index contributed by atoms with van der Waals surface area (Å²) in [4.78, 5) is 0. The molecule has 1 aromatic rings. The SMILES string of the molecule is CC(C)(O)OC1CC(COc2cccc3c2C(N)=NS(=O)(=O)N3)OC2OC(C)(C)OC12. The molecule has 4 unspecified atom stereocenters. The van der Waals surface area contributed by atoms with E-state index in [4.69, 9.17) is 29.4 Å². The molecule has 0 bridgehead atoms. The molecule has 1 aromatic carbocycles. The third-order valence-corrected chi connectivity index (χ3v) is 5.80. The van der Waals surface area contributed by atoms with Crippen molar-refractivity contribution in [3.63, 3.8) is 0 Å². The summed E-state index contributed by atoms with van der Waals surface area (Å²) in [6, 6.07) is 4.88. The van der Waals surface area contributed by atoms with Crippen LogP contribution in [-0.4, -0.2) is 62.1 Å². The van der Waals surface area contributed by atoms with E-state index >= 15 is 0 Å². The van der Waals surface area contributed by atoms with Gasteiger partial charge in [0.2, 0.25) is 0 Å². The highest BCUT2D eigenvalue weighted by Gasteiger charge is 2.52. The second-order valence-electron chi connectivity index (χ2n) is 8.61. The lowest BCUT2D eigenvalue weighted by molar-refractivity contribution is -0.273. The van der Waals surface area contributed by atoms with Gasteiger partial charge in [-0.15, -0.1) is 4.40 Å². The zero-order valence-electron chi connectivity index (χ0n) is 17.7. The van der Waals surface area contributed by atoms with Gasteiger partial charge in [-0.05, 0) is 39.8 Å². The third kappa shape index (κ3) is 4.94. The minimum Gasteiger partial charge on any atom is -0.490 e. The van der Waals surface area contributed by atoms with Crippen molar-refractivity contribution in [2.24, 2.45) is 10.1 Å². The predicted octanol–water partition coefficient (Wildman–Crippen LogP) is 0.821. The topological polar surface area (TPSA) is 151 Å². The average Bonchev–Trinajstić information content (AvgIpc) is 2.91. The molecule has 11 nitrogen and oxygen atoms in total. The Hall–Kier alpha value is -1.96. The molecule has 12 heteroatoms. The Morgan fingerprint density at radius 3 is 2.81 bits per heavy atom. The lowest BCUT2D eigenvalue weighted by Crippen LogP contribution is -2.51. The number of aliphatic hydroxyl groups is 1. The van der Waals surface area contributed by atoms with Gasteiger partial charge in [-0.1, -0.05) is 6.07 Å². The molecule has 3 aliphatic heterocycles. The number of amidine groups is 1. The number of fused-ring (bicyclic) bond motifs is 2. The van der Waals surface area contributed by atoms with E-state index in [1.807, 2.05) is 0 Å². The van der Waals surface area contributed by atoms with Crippen molar-refractivity contribution in [1.29, 1.82) is 0 Å². The first-order valence-electron chi connectivity index (χ1n) is 9.88. The van der Waals surface area contributed by atoms with Crippen LogP contribution in [-0.2, 0) is 29.2 Å². The number of rotatable bonds is 5. The van der Waals surface area contributed by atoms with Crippen molar-refractivity contribution in [3.8, 4) is 5.75 Å². The molecule has 4 atom stereocenters. The van der Waals surface area contributed by atoms with Gasteiger partial charge in [-0.25, -0.2) is 0 Å². The molecular weight excluding hydrogens is 430 g/mol. The van der Waals surface area contributed by atoms with Crippen LogP contribution in [0.5, 0.6) is 5.75 Å². The molecule has 172 valence electrons. The summed E-state index contributed by atoms with van der Waals surface area (Å²) in [6.45, 7) is 6.75. The number of ether oxygens (including phenoxy) is 5. The Morgan fingerprint density at radius 1 is 1.35 bits per heavy atom. The molecule has 4 N–H and O–H groups in total. The molecule has 0 spiro atoms. The molecular formula is C19H27N3O8S. The summed E-state index contributed by atoms with van der Waals surface area (Å²) in [6.07, 6.45) is -1.74. The van der Waals surface area contributed by atoms with Crippen LogP contribution in [0.4, 0.5) is 5.69 Å². The molecule has 0 amide bonds. The van der Waals surface area contributed by atoms with E-state index in [0.29, 0.717) is 17.7 Å². The van der Waals surface area contributed by atoms with Crippen LogP contribution in [0.1, 0.15) is 39.7 Å². The molecule has 31 heavy (non-hydrogen) atoms. The predicted molar refractivity (Wildman–Crippen MR) is 110 cm³/mol. The summed E-state index contributed by atoms with van der Waals surface area (Å²) < 4.78 is 58.8. The Balaban J connectivity index is 1.51. The Labute approximate surface area is 180 Å². The number of nitrogens with zero attached hydrogens (tertiary/aromatic N) is 1. The molecule has 2 fully saturated rings. The summed E-state index contributed by atoms with van der Waals surface area (Å²) in [5.74, 6) is -2.02. The fourth-order valence-electron chi connectivity index (χ4n) is 3.87. The van der Waals surface area contributed by atoms with Gasteiger partial charge in [0.1, 0.15) is 18.5 Å². The van der Waals surface area contributed by atoms with E-state index in [9.17, 15) is 13.5 Å². The van der Waals surface area contributed by atoms with E-state index in [1.165, 1.54) is 0 Å². The van der Waals surface area contributed by atoms with Crippen molar-refractivity contribution >= 4 is 21.7 Å². The lowest BCUT2D eigenvalue weighted by Gasteiger charge is -2.38. The Kier molecular flexibility index (Phi) is 5.43. The molecule has 0 saturated carbocycles. The average molecular weight is 458 g/mol. The number of hydrogen-bond donors (Lipinski definition) is 3. The maximum atomic E-state index is 11.7. The summed E-state index contributed by atoms with van der Waals surface area (Å²) in [7, 11) is -3.88. The highest BCUT2D eigenvalue weighted by molar-refractivity contribution is 7.91. The van der Waals surface area contributed by atoms with Crippen LogP contribution in [0.2, 0.25) is 0 Å². The van der Waals surface area contributed by atoms with E-state index in [-0.39, 0.29) is 18.1 Å². The van der Waals surface area contributed by atoms with Gasteiger partial charge in [0, 0.05) is 6.42 Å². The lowest BCUT2D eigenvalue weighted by atomic mass is 10.0. The minimum absolute atomic E-state index is 0.106. The molecule has 3 heterocycles. The quantitative estimate of drug-likeness (QED) is 0.546. The first-order chi connectivity index (χ1) is 14.3. The first kappa shape index (κ1) is 22.2. The zero-order chi connectivity index (χ0) is 22.6. The van der Waals surface area contributed by atoms with Crippen molar-refractivity contribution in [1.82, 2.24) is 0 Å². The molecule has 4 rings (SSSR count). The van der Waals surface area contributed by atoms with Gasteiger partial charge in [0.15, 0.2) is 23.7 Å². The van der Waals surface area contributed by atoms with Gasteiger partial charge in [0.05, 0.1) is 23.5 Å². The highest BCUT2D eigenvalue weighted by Crippen LogP contribution is 2.39. The molecule has 3 aliphatic rings. The molecule has 0 aliphatic carbocycles. The summed E-state index contributed by atoms with van der Waals surface area (Å²) in [5, 5.41) is 10.1. The normalized spacial score (nSPS) is 31.2. The second kappa shape index (κ2) is 7.57. The van der Waals surface area contributed by atoms with Crippen LogP contribution < -0.4 is 15.2 Å². The monoisotopic (exact) mass is 457 g/mol. The van der Waals surface area contributed by atoms with Gasteiger partial charge in [-0.2, -0.15) is 8.42 Å². The second-order valence-corrected chi connectivity index (χ2v) is 9.95. The van der Waals surface area contributed by atoms with Crippen molar-refractivity contribution in [2.75, 3.05) is 11.3 Å². The minimum atomic E-state index is -3.88. The van der Waals surface area contributed by atoms with E-state index in [0.717, 1.165) is 0 Å². The van der Waals surface area contributed by atoms with Crippen molar-refractivity contribution in [2.45, 2.75) is 70.3 Å². The van der Waals surface area contributed by atoms with Gasteiger partial charge >= 0.3 is 10.2 Å². The number of nitrogens with one attached hydrogen (secondary N) is 1. The number of anilines is 1. The zero-order valence-corrected chi connectivity index (χ0v) is 18.5. The smallest absolute Gasteiger partial charge is 0.344 e. The van der Waals surface area contributed by atoms with Gasteiger partial charge in [0.25, 0.3) is 0 Å². The fraction of sp³-hybridized carbons (Fsp3) is 0.632. The first-order valence-corrected chi connectivity index (χ1v) is 11.3. The van der Waals surface area contributed by atoms with Crippen LogP contribution in [0.25, 0.3) is 0 Å². The number of nitrogens with two attached hydrogens (primary N) is 1. The number of hydrogen-bond acceptors (Lipinski definition) is 9. The van der Waals surface area contributed by atoms with Gasteiger partial charge < -0.3 is 34.5 Å². The Bertz CT molecular complexity index is 988. The molecule has 2 saturated heterocycles. The maximum absolute atomic E-state index is 11.7. The molecule has 0 radical (unpaired) electrons. The van der Waals surface area contributed by atoms with Crippen molar-refractivity contribution < 1.29 is 37.2 Å². The van der Waals surface area contributed by atoms with E-state index in [1.54, 1.807) is 45.9 Å².